The van der Waals surface area contributed by atoms with Crippen LogP contribution in [0.1, 0.15) is 27.5 Å². The van der Waals surface area contributed by atoms with Gasteiger partial charge < -0.3 is 10.1 Å². The molecular formula is C18H13NO2S. The fraction of sp³-hybridized carbons (Fsp3) is 0.0556. The van der Waals surface area contributed by atoms with Crippen LogP contribution in [-0.4, -0.2) is 5.91 Å². The SMILES string of the molecule is O=C(NC1c2ccccc2Oc2ccccc21)c1ccsc1. The first-order chi connectivity index (χ1) is 10.8. The summed E-state index contributed by atoms with van der Waals surface area (Å²) in [6.07, 6.45) is 0. The molecule has 0 unspecified atom stereocenters. The summed E-state index contributed by atoms with van der Waals surface area (Å²) in [4.78, 5) is 12.4. The van der Waals surface area contributed by atoms with Crippen LogP contribution < -0.4 is 10.1 Å². The molecule has 4 heteroatoms. The van der Waals surface area contributed by atoms with Gasteiger partial charge in [0.2, 0.25) is 0 Å². The van der Waals surface area contributed by atoms with Crippen molar-refractivity contribution in [1.82, 2.24) is 5.32 Å². The first kappa shape index (κ1) is 13.1. The smallest absolute Gasteiger partial charge is 0.252 e. The zero-order chi connectivity index (χ0) is 14.9. The quantitative estimate of drug-likeness (QED) is 0.763. The second-order valence-electron chi connectivity index (χ2n) is 5.10. The van der Waals surface area contributed by atoms with Gasteiger partial charge in [0.05, 0.1) is 11.6 Å². The number of hydrogen-bond donors (Lipinski definition) is 1. The fourth-order valence-corrected chi connectivity index (χ4v) is 3.31. The van der Waals surface area contributed by atoms with E-state index in [-0.39, 0.29) is 11.9 Å². The van der Waals surface area contributed by atoms with Crippen LogP contribution in [0.3, 0.4) is 0 Å². The Kier molecular flexibility index (Phi) is 3.16. The van der Waals surface area contributed by atoms with Crippen molar-refractivity contribution in [3.05, 3.63) is 82.0 Å². The summed E-state index contributed by atoms with van der Waals surface area (Å²) >= 11 is 1.52. The Balaban J connectivity index is 1.76. The predicted molar refractivity (Wildman–Crippen MR) is 86.6 cm³/mol. The normalized spacial score (nSPS) is 12.9. The van der Waals surface area contributed by atoms with Crippen LogP contribution >= 0.6 is 11.3 Å². The van der Waals surface area contributed by atoms with E-state index in [4.69, 9.17) is 4.74 Å². The van der Waals surface area contributed by atoms with Gasteiger partial charge in [-0.05, 0) is 23.6 Å². The average Bonchev–Trinajstić information content (AvgIpc) is 3.09. The maximum absolute atomic E-state index is 12.4. The molecule has 1 aliphatic heterocycles. The van der Waals surface area contributed by atoms with Crippen LogP contribution in [-0.2, 0) is 0 Å². The van der Waals surface area contributed by atoms with E-state index in [1.807, 2.05) is 65.4 Å². The van der Waals surface area contributed by atoms with Crippen LogP contribution in [0.15, 0.2) is 65.4 Å². The third-order valence-electron chi connectivity index (χ3n) is 3.74. The van der Waals surface area contributed by atoms with Crippen LogP contribution in [0.5, 0.6) is 11.5 Å². The van der Waals surface area contributed by atoms with Crippen LogP contribution in [0, 0.1) is 0 Å². The van der Waals surface area contributed by atoms with E-state index in [2.05, 4.69) is 5.32 Å². The molecule has 1 aromatic heterocycles. The lowest BCUT2D eigenvalue weighted by Crippen LogP contribution is -2.30. The van der Waals surface area contributed by atoms with Crippen molar-refractivity contribution in [2.24, 2.45) is 0 Å². The first-order valence-electron chi connectivity index (χ1n) is 7.02. The molecule has 0 saturated heterocycles. The summed E-state index contributed by atoms with van der Waals surface area (Å²) in [5.41, 5.74) is 2.64. The molecule has 3 aromatic rings. The third-order valence-corrected chi connectivity index (χ3v) is 4.42. The largest absolute Gasteiger partial charge is 0.457 e. The minimum Gasteiger partial charge on any atom is -0.457 e. The predicted octanol–water partition coefficient (Wildman–Crippen LogP) is 4.37. The molecule has 2 heterocycles. The standard InChI is InChI=1S/C18H13NO2S/c20-18(12-9-10-22-11-12)19-17-13-5-1-3-7-15(13)21-16-8-4-2-6-14(16)17/h1-11,17H,(H,19,20). The Morgan fingerprint density at radius 2 is 1.59 bits per heavy atom. The maximum atomic E-state index is 12.4. The molecule has 4 rings (SSSR count). The lowest BCUT2D eigenvalue weighted by molar-refractivity contribution is 0.0942. The summed E-state index contributed by atoms with van der Waals surface area (Å²) in [6.45, 7) is 0. The molecule has 108 valence electrons. The number of carbonyl (C=O) groups excluding carboxylic acids is 1. The number of amides is 1. The molecule has 22 heavy (non-hydrogen) atoms. The Bertz CT molecular complexity index is 781. The average molecular weight is 307 g/mol. The van der Waals surface area contributed by atoms with Crippen LogP contribution in [0.25, 0.3) is 0 Å². The lowest BCUT2D eigenvalue weighted by Gasteiger charge is -2.28. The third kappa shape index (κ3) is 2.18. The highest BCUT2D eigenvalue weighted by molar-refractivity contribution is 7.08. The van der Waals surface area contributed by atoms with Gasteiger partial charge in [-0.3, -0.25) is 4.79 Å². The van der Waals surface area contributed by atoms with Crippen molar-refractivity contribution in [2.45, 2.75) is 6.04 Å². The van der Waals surface area contributed by atoms with Gasteiger partial charge >= 0.3 is 0 Å². The van der Waals surface area contributed by atoms with E-state index in [0.717, 1.165) is 22.6 Å². The number of thiophene rings is 1. The van der Waals surface area contributed by atoms with Crippen molar-refractivity contribution in [2.75, 3.05) is 0 Å². The number of benzene rings is 2. The monoisotopic (exact) mass is 307 g/mol. The van der Waals surface area contributed by atoms with Gasteiger partial charge in [-0.15, -0.1) is 0 Å². The molecular weight excluding hydrogens is 294 g/mol. The number of nitrogens with one attached hydrogen (secondary N) is 1. The van der Waals surface area contributed by atoms with Gasteiger partial charge in [0.25, 0.3) is 5.91 Å². The molecule has 1 amide bonds. The summed E-state index contributed by atoms with van der Waals surface area (Å²) in [7, 11) is 0. The highest BCUT2D eigenvalue weighted by Crippen LogP contribution is 2.42. The lowest BCUT2D eigenvalue weighted by atomic mass is 9.94. The molecule has 0 atom stereocenters. The van der Waals surface area contributed by atoms with E-state index < -0.39 is 0 Å². The van der Waals surface area contributed by atoms with Crippen molar-refractivity contribution < 1.29 is 9.53 Å². The topological polar surface area (TPSA) is 38.3 Å². The van der Waals surface area contributed by atoms with Gasteiger partial charge in [-0.1, -0.05) is 36.4 Å². The number of ether oxygens (including phenoxy) is 1. The Morgan fingerprint density at radius 3 is 2.18 bits per heavy atom. The minimum absolute atomic E-state index is 0.0715. The van der Waals surface area contributed by atoms with Crippen LogP contribution in [0.4, 0.5) is 0 Å². The molecule has 0 aliphatic carbocycles. The molecule has 3 nitrogen and oxygen atoms in total. The Hall–Kier alpha value is -2.59. The van der Waals surface area contributed by atoms with Crippen LogP contribution in [0.2, 0.25) is 0 Å². The zero-order valence-electron chi connectivity index (χ0n) is 11.7. The summed E-state index contributed by atoms with van der Waals surface area (Å²) in [5.74, 6) is 1.51. The number of fused-ring (bicyclic) bond motifs is 2. The highest BCUT2D eigenvalue weighted by Gasteiger charge is 2.28. The van der Waals surface area contributed by atoms with Gasteiger partial charge in [-0.2, -0.15) is 11.3 Å². The van der Waals surface area contributed by atoms with E-state index in [1.54, 1.807) is 0 Å². The first-order valence-corrected chi connectivity index (χ1v) is 7.96. The molecule has 1 N–H and O–H groups in total. The number of hydrogen-bond acceptors (Lipinski definition) is 3. The second-order valence-corrected chi connectivity index (χ2v) is 5.88. The van der Waals surface area contributed by atoms with Gasteiger partial charge in [0.1, 0.15) is 11.5 Å². The van der Waals surface area contributed by atoms with Crippen molar-refractivity contribution in [3.63, 3.8) is 0 Å². The van der Waals surface area contributed by atoms with E-state index >= 15 is 0 Å². The van der Waals surface area contributed by atoms with Crippen molar-refractivity contribution in [3.8, 4) is 11.5 Å². The molecule has 1 aliphatic rings. The fourth-order valence-electron chi connectivity index (χ4n) is 2.67. The van der Waals surface area contributed by atoms with Crippen molar-refractivity contribution in [1.29, 1.82) is 0 Å². The second kappa shape index (κ2) is 5.31. The van der Waals surface area contributed by atoms with Gasteiger partial charge in [-0.25, -0.2) is 0 Å². The Labute approximate surface area is 132 Å². The van der Waals surface area contributed by atoms with Crippen molar-refractivity contribution >= 4 is 17.2 Å². The molecule has 2 aromatic carbocycles. The van der Waals surface area contributed by atoms with E-state index in [0.29, 0.717) is 5.56 Å². The molecule has 0 radical (unpaired) electrons. The summed E-state index contributed by atoms with van der Waals surface area (Å²) in [6, 6.07) is 17.2. The zero-order valence-corrected chi connectivity index (χ0v) is 12.5. The highest BCUT2D eigenvalue weighted by atomic mass is 32.1. The molecule has 0 saturated carbocycles. The van der Waals surface area contributed by atoms with E-state index in [1.165, 1.54) is 11.3 Å². The van der Waals surface area contributed by atoms with E-state index in [9.17, 15) is 4.79 Å². The molecule has 0 fully saturated rings. The number of carbonyl (C=O) groups is 1. The number of rotatable bonds is 2. The van der Waals surface area contributed by atoms with Gasteiger partial charge in [0, 0.05) is 16.5 Å². The minimum atomic E-state index is -0.200. The van der Waals surface area contributed by atoms with Gasteiger partial charge in [0.15, 0.2) is 0 Å². The number of para-hydroxylation sites is 2. The summed E-state index contributed by atoms with van der Waals surface area (Å²) < 4.78 is 5.93. The molecule has 0 spiro atoms. The molecule has 0 bridgehead atoms. The maximum Gasteiger partial charge on any atom is 0.252 e. The Morgan fingerprint density at radius 1 is 0.955 bits per heavy atom. The summed E-state index contributed by atoms with van der Waals surface area (Å²) in [5, 5.41) is 6.88.